The van der Waals surface area contributed by atoms with Crippen molar-refractivity contribution in [3.63, 3.8) is 0 Å². The van der Waals surface area contributed by atoms with E-state index in [2.05, 4.69) is 20.7 Å². The number of imide groups is 1. The van der Waals surface area contributed by atoms with Crippen LogP contribution in [0.2, 0.25) is 0 Å². The van der Waals surface area contributed by atoms with E-state index in [0.29, 0.717) is 22.7 Å². The number of aromatic nitrogens is 4. The lowest BCUT2D eigenvalue weighted by molar-refractivity contribution is -0.135. The average Bonchev–Trinajstić information content (AvgIpc) is 3.08. The van der Waals surface area contributed by atoms with Gasteiger partial charge < -0.3 is 11.1 Å². The third-order valence-corrected chi connectivity index (χ3v) is 4.86. The monoisotopic (exact) mass is 409 g/mol. The minimum Gasteiger partial charge on any atom is -0.396 e. The largest absolute Gasteiger partial charge is 0.396 e. The summed E-state index contributed by atoms with van der Waals surface area (Å²) in [6.45, 7) is 1.55. The summed E-state index contributed by atoms with van der Waals surface area (Å²) < 4.78 is 2.69. The molecule has 2 aromatic heterocycles. The molecule has 1 atom stereocenters. The number of nitrogens with two attached hydrogens (primary N) is 1. The quantitative estimate of drug-likeness (QED) is 0.516. The summed E-state index contributed by atoms with van der Waals surface area (Å²) in [4.78, 5) is 53.6. The lowest BCUT2D eigenvalue weighted by atomic mass is 10.1. The van der Waals surface area contributed by atoms with E-state index in [9.17, 15) is 19.2 Å². The summed E-state index contributed by atoms with van der Waals surface area (Å²) in [6, 6.07) is 4.03. The number of piperidine rings is 1. The topological polar surface area (TPSA) is 154 Å². The molecular weight excluding hydrogens is 390 g/mol. The van der Waals surface area contributed by atoms with Crippen LogP contribution in [0.3, 0.4) is 0 Å². The second-order valence-corrected chi connectivity index (χ2v) is 7.02. The van der Waals surface area contributed by atoms with Crippen molar-refractivity contribution in [2.24, 2.45) is 0 Å². The van der Waals surface area contributed by atoms with Gasteiger partial charge in [-0.25, -0.2) is 4.98 Å². The van der Waals surface area contributed by atoms with Gasteiger partial charge in [0.2, 0.25) is 17.7 Å². The lowest BCUT2D eigenvalue weighted by Gasteiger charge is -2.24. The fourth-order valence-corrected chi connectivity index (χ4v) is 3.53. The Balaban J connectivity index is 1.68. The maximum Gasteiger partial charge on any atom is 0.262 e. The molecule has 11 nitrogen and oxygen atoms in total. The molecule has 3 aromatic rings. The molecule has 1 saturated heterocycles. The number of benzene rings is 1. The molecular formula is C19H19N7O4. The van der Waals surface area contributed by atoms with E-state index in [-0.39, 0.29) is 36.6 Å². The van der Waals surface area contributed by atoms with Crippen molar-refractivity contribution in [3.8, 4) is 0 Å². The molecule has 3 amide bonds. The number of fused-ring (bicyclic) bond motifs is 1. The van der Waals surface area contributed by atoms with Gasteiger partial charge in [-0.3, -0.25) is 33.7 Å². The Morgan fingerprint density at radius 2 is 2.13 bits per heavy atom. The molecule has 4 rings (SSSR count). The van der Waals surface area contributed by atoms with Gasteiger partial charge in [-0.2, -0.15) is 5.10 Å². The smallest absolute Gasteiger partial charge is 0.262 e. The van der Waals surface area contributed by atoms with Crippen molar-refractivity contribution >= 4 is 40.0 Å². The number of aryl methyl sites for hydroxylation is 1. The van der Waals surface area contributed by atoms with Crippen LogP contribution >= 0.6 is 0 Å². The van der Waals surface area contributed by atoms with Gasteiger partial charge in [-0.15, -0.1) is 0 Å². The first-order valence-corrected chi connectivity index (χ1v) is 9.27. The molecule has 30 heavy (non-hydrogen) atoms. The van der Waals surface area contributed by atoms with E-state index in [0.717, 1.165) is 0 Å². The van der Waals surface area contributed by atoms with Gasteiger partial charge in [0.1, 0.15) is 23.9 Å². The number of nitrogens with one attached hydrogen (secondary N) is 2. The Kier molecular flexibility index (Phi) is 4.78. The van der Waals surface area contributed by atoms with Crippen LogP contribution in [-0.2, 0) is 20.9 Å². The van der Waals surface area contributed by atoms with Gasteiger partial charge in [0.05, 0.1) is 23.0 Å². The summed E-state index contributed by atoms with van der Waals surface area (Å²) in [5.41, 5.74) is 6.31. The molecule has 1 unspecified atom stereocenters. The normalized spacial score (nSPS) is 16.5. The van der Waals surface area contributed by atoms with Crippen LogP contribution in [0, 0.1) is 6.92 Å². The Morgan fingerprint density at radius 1 is 1.33 bits per heavy atom. The van der Waals surface area contributed by atoms with Crippen LogP contribution in [0.1, 0.15) is 24.7 Å². The summed E-state index contributed by atoms with van der Waals surface area (Å²) in [5.74, 6) is -0.942. The number of amides is 3. The van der Waals surface area contributed by atoms with Gasteiger partial charge in [-0.1, -0.05) is 6.07 Å². The lowest BCUT2D eigenvalue weighted by Crippen LogP contribution is -2.45. The highest BCUT2D eigenvalue weighted by Crippen LogP contribution is 2.23. The highest BCUT2D eigenvalue weighted by atomic mass is 16.2. The van der Waals surface area contributed by atoms with Gasteiger partial charge in [0.15, 0.2) is 0 Å². The van der Waals surface area contributed by atoms with Crippen LogP contribution in [0.25, 0.3) is 10.9 Å². The minimum atomic E-state index is -0.810. The number of hydrogen-bond donors (Lipinski definition) is 3. The van der Waals surface area contributed by atoms with E-state index in [1.54, 1.807) is 25.1 Å². The molecule has 154 valence electrons. The van der Waals surface area contributed by atoms with E-state index in [4.69, 9.17) is 5.73 Å². The molecule has 0 spiro atoms. The number of rotatable bonds is 4. The maximum atomic E-state index is 13.1. The van der Waals surface area contributed by atoms with Gasteiger partial charge >= 0.3 is 0 Å². The first kappa shape index (κ1) is 19.3. The third kappa shape index (κ3) is 3.52. The van der Waals surface area contributed by atoms with Crippen LogP contribution in [0.5, 0.6) is 0 Å². The second kappa shape index (κ2) is 7.43. The zero-order valence-corrected chi connectivity index (χ0v) is 16.1. The summed E-state index contributed by atoms with van der Waals surface area (Å²) in [7, 11) is 0. The Labute approximate surface area is 169 Å². The van der Waals surface area contributed by atoms with Crippen LogP contribution in [0.15, 0.2) is 35.4 Å². The number of carbonyl (C=O) groups is 3. The summed E-state index contributed by atoms with van der Waals surface area (Å²) >= 11 is 0. The fraction of sp³-hybridized carbons (Fsp3) is 0.263. The molecule has 11 heteroatoms. The Bertz CT molecular complexity index is 1240. The zero-order valence-electron chi connectivity index (χ0n) is 16.1. The molecule has 4 N–H and O–H groups in total. The molecule has 0 saturated carbocycles. The first-order valence-electron chi connectivity index (χ1n) is 9.27. The second-order valence-electron chi connectivity index (χ2n) is 7.02. The van der Waals surface area contributed by atoms with Crippen molar-refractivity contribution in [2.75, 3.05) is 11.1 Å². The predicted molar refractivity (Wildman–Crippen MR) is 107 cm³/mol. The predicted octanol–water partition coefficient (Wildman–Crippen LogP) is 0.100. The molecule has 1 fully saturated rings. The summed E-state index contributed by atoms with van der Waals surface area (Å²) in [5, 5.41) is 9.21. The first-order chi connectivity index (χ1) is 14.3. The van der Waals surface area contributed by atoms with E-state index >= 15 is 0 Å². The molecule has 0 bridgehead atoms. The number of nitrogen functional groups attached to an aromatic ring is 1. The molecule has 1 aliphatic heterocycles. The number of carbonyl (C=O) groups excluding carboxylic acids is 3. The SMILES string of the molecule is Cc1nc2c(NC(=O)Cn3cc(N)cn3)cccc2c(=O)n1C1CCC(=O)NC1=O. The Morgan fingerprint density at radius 3 is 2.83 bits per heavy atom. The van der Waals surface area contributed by atoms with Crippen LogP contribution in [-0.4, -0.2) is 37.1 Å². The fourth-order valence-electron chi connectivity index (χ4n) is 3.53. The number of hydrogen-bond acceptors (Lipinski definition) is 7. The standard InChI is InChI=1S/C19H19N7O4/c1-10-22-17-12(19(30)26(10)14-5-6-15(27)24-18(14)29)3-2-4-13(17)23-16(28)9-25-8-11(20)7-21-25/h2-4,7-8,14H,5-6,9,20H2,1H3,(H,23,28)(H,24,27,29). The molecule has 0 aliphatic carbocycles. The van der Waals surface area contributed by atoms with Crippen molar-refractivity contribution < 1.29 is 14.4 Å². The molecule has 1 aliphatic rings. The van der Waals surface area contributed by atoms with Crippen LogP contribution in [0.4, 0.5) is 11.4 Å². The summed E-state index contributed by atoms with van der Waals surface area (Å²) in [6.07, 6.45) is 3.34. The van der Waals surface area contributed by atoms with E-state index in [1.165, 1.54) is 21.6 Å². The third-order valence-electron chi connectivity index (χ3n) is 4.86. The highest BCUT2D eigenvalue weighted by Gasteiger charge is 2.30. The van der Waals surface area contributed by atoms with Crippen molar-refractivity contribution in [3.05, 3.63) is 46.8 Å². The molecule has 1 aromatic carbocycles. The van der Waals surface area contributed by atoms with Gasteiger partial charge in [0.25, 0.3) is 5.56 Å². The van der Waals surface area contributed by atoms with Crippen molar-refractivity contribution in [1.29, 1.82) is 0 Å². The van der Waals surface area contributed by atoms with E-state index in [1.807, 2.05) is 0 Å². The minimum absolute atomic E-state index is 0.0556. The molecule has 3 heterocycles. The average molecular weight is 409 g/mol. The van der Waals surface area contributed by atoms with Gasteiger partial charge in [-0.05, 0) is 25.5 Å². The van der Waals surface area contributed by atoms with Crippen molar-refractivity contribution in [1.82, 2.24) is 24.6 Å². The number of para-hydroxylation sites is 1. The van der Waals surface area contributed by atoms with Gasteiger partial charge in [0, 0.05) is 12.6 Å². The maximum absolute atomic E-state index is 13.1. The van der Waals surface area contributed by atoms with E-state index < -0.39 is 17.5 Å². The Hall–Kier alpha value is -4.02. The number of nitrogens with zero attached hydrogens (tertiary/aromatic N) is 4. The van der Waals surface area contributed by atoms with Crippen LogP contribution < -0.4 is 21.9 Å². The highest BCUT2D eigenvalue weighted by molar-refractivity contribution is 6.01. The van der Waals surface area contributed by atoms with Crippen molar-refractivity contribution in [2.45, 2.75) is 32.4 Å². The zero-order chi connectivity index (χ0) is 21.4. The molecule has 0 radical (unpaired) electrons. The number of anilines is 2.